The minimum Gasteiger partial charge on any atom is -0.490 e. The van der Waals surface area contributed by atoms with E-state index in [0.29, 0.717) is 24.7 Å². The van der Waals surface area contributed by atoms with Gasteiger partial charge < -0.3 is 28.4 Å². The summed E-state index contributed by atoms with van der Waals surface area (Å²) in [5.74, 6) is 0.106. The number of hydrogen-bond acceptors (Lipinski definition) is 8. The van der Waals surface area contributed by atoms with Gasteiger partial charge in [-0.25, -0.2) is 9.59 Å². The van der Waals surface area contributed by atoms with Crippen LogP contribution >= 0.6 is 0 Å². The van der Waals surface area contributed by atoms with Crippen LogP contribution in [0.3, 0.4) is 0 Å². The smallest absolute Gasteiger partial charge is 0.330 e. The Kier molecular flexibility index (Phi) is 12.7. The normalized spacial score (nSPS) is 12.1. The van der Waals surface area contributed by atoms with Crippen LogP contribution in [0.4, 0.5) is 0 Å². The van der Waals surface area contributed by atoms with Crippen molar-refractivity contribution in [2.75, 3.05) is 39.6 Å². The van der Waals surface area contributed by atoms with Crippen LogP contribution in [0.5, 0.6) is 11.5 Å². The molecular weight excluding hydrogens is 476 g/mol. The van der Waals surface area contributed by atoms with Crippen molar-refractivity contribution in [3.8, 4) is 11.5 Å². The highest BCUT2D eigenvalue weighted by Gasteiger charge is 2.17. The van der Waals surface area contributed by atoms with E-state index in [1.165, 1.54) is 0 Å². The maximum atomic E-state index is 11.7. The quantitative estimate of drug-likeness (QED) is 0.125. The number of esters is 2. The average molecular weight is 511 g/mol. The number of carbonyl (C=O) groups is 2. The lowest BCUT2D eigenvalue weighted by atomic mass is 10.0. The molecule has 0 saturated carbocycles. The molecule has 2 aromatic carbocycles. The largest absolute Gasteiger partial charge is 0.490 e. The molecule has 8 heteroatoms. The van der Waals surface area contributed by atoms with E-state index in [1.54, 1.807) is 12.2 Å². The number of benzene rings is 2. The second kappa shape index (κ2) is 16.0. The molecule has 0 N–H and O–H groups in total. The maximum absolute atomic E-state index is 11.7. The van der Waals surface area contributed by atoms with Gasteiger partial charge in [-0.1, -0.05) is 37.4 Å². The molecule has 8 nitrogen and oxygen atoms in total. The van der Waals surface area contributed by atoms with Crippen LogP contribution in [0.15, 0.2) is 81.0 Å². The van der Waals surface area contributed by atoms with E-state index in [0.717, 1.165) is 28.5 Å². The number of hydrogen-bond donors (Lipinski definition) is 0. The molecule has 0 aromatic heterocycles. The standard InChI is InChI=1S/C29H34O8/c1-6-14-32-17-24(36-28(30)8-3)19-34-23-12-10-22-11-13-27(21(5)26(22)16-23)35-20-25(18-33-15-7-2)37-29(31)9-4/h6-13,16,24-25H,1-4,14-15,17-20H2,5H3. The minimum absolute atomic E-state index is 0.0958. The first-order chi connectivity index (χ1) is 17.9. The molecule has 2 rings (SSSR count). The van der Waals surface area contributed by atoms with E-state index in [1.807, 2.05) is 37.3 Å². The van der Waals surface area contributed by atoms with Crippen LogP contribution in [0.2, 0.25) is 0 Å². The van der Waals surface area contributed by atoms with Crippen LogP contribution in [-0.4, -0.2) is 63.8 Å². The van der Waals surface area contributed by atoms with Gasteiger partial charge in [-0.15, -0.1) is 13.2 Å². The lowest BCUT2D eigenvalue weighted by Crippen LogP contribution is -2.29. The summed E-state index contributed by atoms with van der Waals surface area (Å²) < 4.78 is 33.4. The summed E-state index contributed by atoms with van der Waals surface area (Å²) in [7, 11) is 0. The highest BCUT2D eigenvalue weighted by molar-refractivity contribution is 5.88. The average Bonchev–Trinajstić information content (AvgIpc) is 2.91. The Labute approximate surface area is 217 Å². The second-order valence-corrected chi connectivity index (χ2v) is 7.87. The van der Waals surface area contributed by atoms with Crippen molar-refractivity contribution in [3.63, 3.8) is 0 Å². The van der Waals surface area contributed by atoms with Crippen molar-refractivity contribution < 1.29 is 38.0 Å². The van der Waals surface area contributed by atoms with Crippen molar-refractivity contribution in [2.24, 2.45) is 0 Å². The highest BCUT2D eigenvalue weighted by Crippen LogP contribution is 2.30. The zero-order valence-corrected chi connectivity index (χ0v) is 21.2. The SMILES string of the molecule is C=CCOCC(COc1ccc2ccc(OCC(COCC=C)OC(=O)C=C)c(C)c2c1)OC(=O)C=C. The van der Waals surface area contributed by atoms with Gasteiger partial charge in [0, 0.05) is 12.2 Å². The van der Waals surface area contributed by atoms with Crippen molar-refractivity contribution >= 4 is 22.7 Å². The highest BCUT2D eigenvalue weighted by atomic mass is 16.6. The molecule has 0 heterocycles. The summed E-state index contributed by atoms with van der Waals surface area (Å²) in [6.45, 7) is 17.1. The fourth-order valence-corrected chi connectivity index (χ4v) is 3.27. The fourth-order valence-electron chi connectivity index (χ4n) is 3.27. The third-order valence-electron chi connectivity index (χ3n) is 5.05. The maximum Gasteiger partial charge on any atom is 0.330 e. The number of aryl methyl sites for hydroxylation is 1. The minimum atomic E-state index is -0.617. The Hall–Kier alpha value is -3.88. The van der Waals surface area contributed by atoms with Crippen molar-refractivity contribution in [1.29, 1.82) is 0 Å². The lowest BCUT2D eigenvalue weighted by Gasteiger charge is -2.19. The number of ether oxygens (including phenoxy) is 6. The predicted octanol–water partition coefficient (Wildman–Crippen LogP) is 4.51. The zero-order valence-electron chi connectivity index (χ0n) is 21.2. The van der Waals surface area contributed by atoms with Crippen LogP contribution in [-0.2, 0) is 28.5 Å². The Morgan fingerprint density at radius 1 is 0.784 bits per heavy atom. The molecule has 0 radical (unpaired) electrons. The van der Waals surface area contributed by atoms with E-state index < -0.39 is 24.1 Å². The van der Waals surface area contributed by atoms with Gasteiger partial charge in [0.1, 0.15) is 24.7 Å². The molecule has 2 atom stereocenters. The zero-order chi connectivity index (χ0) is 27.0. The fraction of sp³-hybridized carbons (Fsp3) is 0.310. The van der Waals surface area contributed by atoms with Crippen LogP contribution < -0.4 is 9.47 Å². The first-order valence-corrected chi connectivity index (χ1v) is 11.7. The van der Waals surface area contributed by atoms with Crippen LogP contribution in [0, 0.1) is 6.92 Å². The molecule has 198 valence electrons. The van der Waals surface area contributed by atoms with Crippen molar-refractivity contribution in [2.45, 2.75) is 19.1 Å². The molecule has 0 spiro atoms. The predicted molar refractivity (Wildman–Crippen MR) is 142 cm³/mol. The van der Waals surface area contributed by atoms with Gasteiger partial charge >= 0.3 is 11.9 Å². The summed E-state index contributed by atoms with van der Waals surface area (Å²) in [4.78, 5) is 23.3. The molecule has 37 heavy (non-hydrogen) atoms. The summed E-state index contributed by atoms with van der Waals surface area (Å²) in [5, 5.41) is 1.91. The van der Waals surface area contributed by atoms with Gasteiger partial charge in [-0.3, -0.25) is 0 Å². The first-order valence-electron chi connectivity index (χ1n) is 11.7. The molecule has 0 fully saturated rings. The summed E-state index contributed by atoms with van der Waals surface area (Å²) >= 11 is 0. The Morgan fingerprint density at radius 3 is 1.86 bits per heavy atom. The summed E-state index contributed by atoms with van der Waals surface area (Å²) in [6, 6.07) is 9.44. The summed E-state index contributed by atoms with van der Waals surface area (Å²) in [5.41, 5.74) is 0.882. The Bertz CT molecular complexity index is 1090. The Morgan fingerprint density at radius 2 is 1.32 bits per heavy atom. The topological polar surface area (TPSA) is 89.5 Å². The monoisotopic (exact) mass is 510 g/mol. The van der Waals surface area contributed by atoms with Crippen LogP contribution in [0.1, 0.15) is 5.56 Å². The molecule has 0 saturated heterocycles. The van der Waals surface area contributed by atoms with E-state index in [4.69, 9.17) is 28.4 Å². The van der Waals surface area contributed by atoms with Gasteiger partial charge in [0.2, 0.25) is 0 Å². The third kappa shape index (κ3) is 9.95. The second-order valence-electron chi connectivity index (χ2n) is 7.87. The number of fused-ring (bicyclic) bond motifs is 1. The van der Waals surface area contributed by atoms with E-state index in [-0.39, 0.29) is 26.4 Å². The Balaban J connectivity index is 2.12. The molecule has 0 amide bonds. The van der Waals surface area contributed by atoms with Gasteiger partial charge in [0.25, 0.3) is 0 Å². The molecule has 0 bridgehead atoms. The van der Waals surface area contributed by atoms with Gasteiger partial charge in [0.05, 0.1) is 26.4 Å². The van der Waals surface area contributed by atoms with E-state index >= 15 is 0 Å². The number of rotatable bonds is 18. The molecular formula is C29H34O8. The van der Waals surface area contributed by atoms with Gasteiger partial charge in [0.15, 0.2) is 12.2 Å². The lowest BCUT2D eigenvalue weighted by molar-refractivity contribution is -0.148. The third-order valence-corrected chi connectivity index (χ3v) is 5.05. The van der Waals surface area contributed by atoms with Gasteiger partial charge in [-0.2, -0.15) is 0 Å². The summed E-state index contributed by atoms with van der Waals surface area (Å²) in [6.07, 6.45) is 4.18. The number of carbonyl (C=O) groups excluding carboxylic acids is 2. The van der Waals surface area contributed by atoms with Crippen molar-refractivity contribution in [1.82, 2.24) is 0 Å². The molecule has 0 aliphatic rings. The van der Waals surface area contributed by atoms with E-state index in [2.05, 4.69) is 26.3 Å². The first kappa shape index (κ1) is 29.4. The van der Waals surface area contributed by atoms with Crippen LogP contribution in [0.25, 0.3) is 10.8 Å². The van der Waals surface area contributed by atoms with E-state index in [9.17, 15) is 9.59 Å². The molecule has 2 unspecified atom stereocenters. The molecule has 0 aliphatic heterocycles. The van der Waals surface area contributed by atoms with Crippen molar-refractivity contribution in [3.05, 3.63) is 86.5 Å². The molecule has 2 aromatic rings. The molecule has 0 aliphatic carbocycles. The van der Waals surface area contributed by atoms with Gasteiger partial charge in [-0.05, 0) is 41.5 Å².